The summed E-state index contributed by atoms with van der Waals surface area (Å²) in [5, 5.41) is 11.0. The molecule has 3 rings (SSSR count). The molecule has 1 aromatic carbocycles. The smallest absolute Gasteiger partial charge is 0.318 e. The second-order valence-electron chi connectivity index (χ2n) is 8.63. The van der Waals surface area contributed by atoms with Crippen LogP contribution < -0.4 is 14.8 Å². The standard InChI is InChI=1S/C23H30N4O4S/c1-23(2,3)24-22(29)26(4)14-21(28)27-17(13-16(25-27)20-8-7-11-32-20)15-9-10-18(30-5)19(12-15)31-6/h7-12,17H,13-14H2,1-6H3,(H,24,29)/t17-/m0/s1. The maximum Gasteiger partial charge on any atom is 0.318 e. The highest BCUT2D eigenvalue weighted by Crippen LogP contribution is 2.37. The van der Waals surface area contributed by atoms with Crippen molar-refractivity contribution in [3.8, 4) is 11.5 Å². The van der Waals surface area contributed by atoms with Crippen LogP contribution in [0.3, 0.4) is 0 Å². The molecule has 2 aromatic rings. The van der Waals surface area contributed by atoms with Crippen molar-refractivity contribution in [2.24, 2.45) is 5.10 Å². The molecule has 0 saturated heterocycles. The number of ether oxygens (including phenoxy) is 2. The number of methoxy groups -OCH3 is 2. The summed E-state index contributed by atoms with van der Waals surface area (Å²) in [7, 11) is 4.76. The van der Waals surface area contributed by atoms with Gasteiger partial charge in [0.2, 0.25) is 0 Å². The zero-order valence-corrected chi connectivity index (χ0v) is 20.2. The van der Waals surface area contributed by atoms with Gasteiger partial charge in [-0.05, 0) is 49.9 Å². The van der Waals surface area contributed by atoms with Crippen LogP contribution in [0.2, 0.25) is 0 Å². The van der Waals surface area contributed by atoms with Crippen LogP contribution in [0.1, 0.15) is 43.7 Å². The summed E-state index contributed by atoms with van der Waals surface area (Å²) in [5.41, 5.74) is 1.33. The Labute approximate surface area is 192 Å². The predicted octanol–water partition coefficient (Wildman–Crippen LogP) is 3.88. The van der Waals surface area contributed by atoms with Crippen LogP contribution in [-0.4, -0.2) is 60.9 Å². The molecule has 0 spiro atoms. The highest BCUT2D eigenvalue weighted by molar-refractivity contribution is 7.12. The number of nitrogens with zero attached hydrogens (tertiary/aromatic N) is 3. The van der Waals surface area contributed by atoms with Crippen LogP contribution in [0.25, 0.3) is 0 Å². The lowest BCUT2D eigenvalue weighted by molar-refractivity contribution is -0.133. The molecule has 1 N–H and O–H groups in total. The summed E-state index contributed by atoms with van der Waals surface area (Å²) in [6, 6.07) is 8.94. The van der Waals surface area contributed by atoms with Gasteiger partial charge in [0.25, 0.3) is 5.91 Å². The van der Waals surface area contributed by atoms with Gasteiger partial charge in [-0.15, -0.1) is 11.3 Å². The van der Waals surface area contributed by atoms with Gasteiger partial charge in [0.05, 0.1) is 30.9 Å². The summed E-state index contributed by atoms with van der Waals surface area (Å²) < 4.78 is 10.8. The molecule has 3 amide bonds. The topological polar surface area (TPSA) is 83.5 Å². The average molecular weight is 459 g/mol. The van der Waals surface area contributed by atoms with Crippen molar-refractivity contribution in [3.05, 3.63) is 46.2 Å². The van der Waals surface area contributed by atoms with Gasteiger partial charge in [-0.1, -0.05) is 12.1 Å². The van der Waals surface area contributed by atoms with E-state index in [2.05, 4.69) is 10.4 Å². The molecule has 1 aromatic heterocycles. The lowest BCUT2D eigenvalue weighted by atomic mass is 10.0. The van der Waals surface area contributed by atoms with Crippen LogP contribution in [0, 0.1) is 0 Å². The first-order valence-electron chi connectivity index (χ1n) is 10.3. The molecule has 2 heterocycles. The number of likely N-dealkylation sites (N-methyl/N-ethyl adjacent to an activating group) is 1. The number of thiophene rings is 1. The first-order valence-corrected chi connectivity index (χ1v) is 11.2. The number of carbonyl (C=O) groups excluding carboxylic acids is 2. The number of hydrogen-bond donors (Lipinski definition) is 1. The number of carbonyl (C=O) groups is 2. The van der Waals surface area contributed by atoms with E-state index in [4.69, 9.17) is 9.47 Å². The van der Waals surface area contributed by atoms with Crippen molar-refractivity contribution in [2.75, 3.05) is 27.8 Å². The number of urea groups is 1. The highest BCUT2D eigenvalue weighted by atomic mass is 32.1. The van der Waals surface area contributed by atoms with E-state index in [1.54, 1.807) is 32.6 Å². The third-order valence-corrected chi connectivity index (χ3v) is 5.88. The molecule has 0 aliphatic carbocycles. The minimum absolute atomic E-state index is 0.0904. The number of rotatable bonds is 6. The second kappa shape index (κ2) is 9.60. The fraction of sp³-hybridized carbons (Fsp3) is 0.435. The van der Waals surface area contributed by atoms with Gasteiger partial charge in [-0.25, -0.2) is 9.80 Å². The molecular formula is C23H30N4O4S. The van der Waals surface area contributed by atoms with Crippen molar-refractivity contribution >= 4 is 29.0 Å². The first kappa shape index (κ1) is 23.6. The SMILES string of the molecule is COc1ccc([C@@H]2CC(c3cccs3)=NN2C(=O)CN(C)C(=O)NC(C)(C)C)cc1OC. The third-order valence-electron chi connectivity index (χ3n) is 4.96. The maximum absolute atomic E-state index is 13.2. The predicted molar refractivity (Wildman–Crippen MR) is 126 cm³/mol. The summed E-state index contributed by atoms with van der Waals surface area (Å²) >= 11 is 1.58. The number of nitrogens with one attached hydrogen (secondary N) is 1. The van der Waals surface area contributed by atoms with E-state index in [0.29, 0.717) is 17.9 Å². The number of hydrazone groups is 1. The molecule has 0 saturated carbocycles. The lowest BCUT2D eigenvalue weighted by Crippen LogP contribution is -2.49. The van der Waals surface area contributed by atoms with Crippen molar-refractivity contribution < 1.29 is 19.1 Å². The molecule has 1 aliphatic rings. The Morgan fingerprint density at radius 3 is 2.53 bits per heavy atom. The average Bonchev–Trinajstić information content (AvgIpc) is 3.41. The molecule has 0 fully saturated rings. The Hall–Kier alpha value is -3.07. The summed E-state index contributed by atoms with van der Waals surface area (Å²) in [6.07, 6.45) is 0.569. The molecule has 9 heteroatoms. The normalized spacial score (nSPS) is 15.9. The molecule has 32 heavy (non-hydrogen) atoms. The molecule has 8 nitrogen and oxygen atoms in total. The Kier molecular flexibility index (Phi) is 7.08. The van der Waals surface area contributed by atoms with Crippen molar-refractivity contribution in [1.82, 2.24) is 15.2 Å². The van der Waals surface area contributed by atoms with Crippen LogP contribution in [0.4, 0.5) is 4.79 Å². The minimum atomic E-state index is -0.394. The monoisotopic (exact) mass is 458 g/mol. The summed E-state index contributed by atoms with van der Waals surface area (Å²) in [4.78, 5) is 28.1. The lowest BCUT2D eigenvalue weighted by Gasteiger charge is -2.28. The van der Waals surface area contributed by atoms with Gasteiger partial charge in [-0.3, -0.25) is 4.79 Å². The van der Waals surface area contributed by atoms with E-state index < -0.39 is 5.54 Å². The molecular weight excluding hydrogens is 428 g/mol. The van der Waals surface area contributed by atoms with E-state index in [1.165, 1.54) is 9.91 Å². The van der Waals surface area contributed by atoms with E-state index in [1.807, 2.05) is 56.5 Å². The fourth-order valence-electron chi connectivity index (χ4n) is 3.41. The summed E-state index contributed by atoms with van der Waals surface area (Å²) in [5.74, 6) is 0.941. The van der Waals surface area contributed by atoms with Gasteiger partial charge >= 0.3 is 6.03 Å². The van der Waals surface area contributed by atoms with E-state index in [-0.39, 0.29) is 24.5 Å². The van der Waals surface area contributed by atoms with E-state index in [0.717, 1.165) is 16.2 Å². The zero-order chi connectivity index (χ0) is 23.5. The van der Waals surface area contributed by atoms with Gasteiger partial charge in [0.15, 0.2) is 11.5 Å². The third kappa shape index (κ3) is 5.40. The van der Waals surface area contributed by atoms with Crippen LogP contribution in [0.15, 0.2) is 40.8 Å². The molecule has 0 unspecified atom stereocenters. The number of amides is 3. The van der Waals surface area contributed by atoms with Gasteiger partial charge in [-0.2, -0.15) is 5.10 Å². The van der Waals surface area contributed by atoms with Gasteiger partial charge < -0.3 is 19.7 Å². The summed E-state index contributed by atoms with van der Waals surface area (Å²) in [6.45, 7) is 5.59. The fourth-order valence-corrected chi connectivity index (χ4v) is 4.14. The maximum atomic E-state index is 13.2. The molecule has 1 aliphatic heterocycles. The first-order chi connectivity index (χ1) is 15.1. The van der Waals surface area contributed by atoms with Crippen LogP contribution >= 0.6 is 11.3 Å². The van der Waals surface area contributed by atoms with Crippen molar-refractivity contribution in [2.45, 2.75) is 38.8 Å². The largest absolute Gasteiger partial charge is 0.493 e. The molecule has 0 radical (unpaired) electrons. The Balaban J connectivity index is 1.87. The second-order valence-corrected chi connectivity index (χ2v) is 9.58. The number of benzene rings is 1. The molecule has 1 atom stereocenters. The molecule has 0 bridgehead atoms. The van der Waals surface area contributed by atoms with Crippen LogP contribution in [-0.2, 0) is 4.79 Å². The van der Waals surface area contributed by atoms with Crippen molar-refractivity contribution in [1.29, 1.82) is 0 Å². The molecule has 172 valence electrons. The van der Waals surface area contributed by atoms with Crippen LogP contribution in [0.5, 0.6) is 11.5 Å². The quantitative estimate of drug-likeness (QED) is 0.712. The Morgan fingerprint density at radius 2 is 1.94 bits per heavy atom. The van der Waals surface area contributed by atoms with Gasteiger partial charge in [0, 0.05) is 19.0 Å². The zero-order valence-electron chi connectivity index (χ0n) is 19.3. The minimum Gasteiger partial charge on any atom is -0.493 e. The van der Waals surface area contributed by atoms with E-state index in [9.17, 15) is 9.59 Å². The van der Waals surface area contributed by atoms with Crippen molar-refractivity contribution in [3.63, 3.8) is 0 Å². The highest BCUT2D eigenvalue weighted by Gasteiger charge is 2.35. The van der Waals surface area contributed by atoms with Gasteiger partial charge in [0.1, 0.15) is 6.54 Å². The van der Waals surface area contributed by atoms with E-state index >= 15 is 0 Å². The Morgan fingerprint density at radius 1 is 1.22 bits per heavy atom. The number of hydrogen-bond acceptors (Lipinski definition) is 6. The Bertz CT molecular complexity index is 998.